The molecule has 0 unspecified atom stereocenters. The van der Waals surface area contributed by atoms with Gasteiger partial charge in [0, 0.05) is 20.2 Å². The van der Waals surface area contributed by atoms with Crippen LogP contribution < -0.4 is 0 Å². The van der Waals surface area contributed by atoms with Crippen LogP contribution in [0.1, 0.15) is 20.8 Å². The van der Waals surface area contributed by atoms with E-state index in [0.29, 0.717) is 19.7 Å². The molecular formula is C11H23NO4. The molecule has 0 aromatic carbocycles. The van der Waals surface area contributed by atoms with Crippen molar-refractivity contribution in [2.24, 2.45) is 0 Å². The summed E-state index contributed by atoms with van der Waals surface area (Å²) in [7, 11) is 1.58. The number of methoxy groups -OCH3 is 1. The average molecular weight is 233 g/mol. The Morgan fingerprint density at radius 1 is 1.31 bits per heavy atom. The van der Waals surface area contributed by atoms with E-state index in [1.807, 2.05) is 20.8 Å². The van der Waals surface area contributed by atoms with E-state index < -0.39 is 0 Å². The van der Waals surface area contributed by atoms with E-state index in [0.717, 1.165) is 0 Å². The molecule has 0 fully saturated rings. The van der Waals surface area contributed by atoms with Gasteiger partial charge in [-0.1, -0.05) is 0 Å². The quantitative estimate of drug-likeness (QED) is 0.685. The summed E-state index contributed by atoms with van der Waals surface area (Å²) in [5.74, 6) is -0.124. The van der Waals surface area contributed by atoms with Crippen molar-refractivity contribution in [3.63, 3.8) is 0 Å². The molecule has 1 amide bonds. The van der Waals surface area contributed by atoms with E-state index in [1.54, 1.807) is 7.11 Å². The number of ether oxygens (including phenoxy) is 2. The Morgan fingerprint density at radius 2 is 1.94 bits per heavy atom. The molecule has 0 heterocycles. The van der Waals surface area contributed by atoms with Crippen LogP contribution in [0.3, 0.4) is 0 Å². The van der Waals surface area contributed by atoms with E-state index in [2.05, 4.69) is 0 Å². The van der Waals surface area contributed by atoms with Crippen LogP contribution in [0, 0.1) is 0 Å². The van der Waals surface area contributed by atoms with E-state index in [1.165, 1.54) is 4.90 Å². The summed E-state index contributed by atoms with van der Waals surface area (Å²) in [6.07, 6.45) is 0. The van der Waals surface area contributed by atoms with Gasteiger partial charge in [0.25, 0.3) is 0 Å². The van der Waals surface area contributed by atoms with Crippen molar-refractivity contribution in [3.05, 3.63) is 0 Å². The summed E-state index contributed by atoms with van der Waals surface area (Å²) < 4.78 is 10.3. The molecule has 5 heteroatoms. The number of hydrogen-bond donors (Lipinski definition) is 1. The molecule has 0 bridgehead atoms. The zero-order valence-electron chi connectivity index (χ0n) is 10.7. The minimum absolute atomic E-state index is 0.0349. The van der Waals surface area contributed by atoms with Crippen LogP contribution in [0.15, 0.2) is 0 Å². The highest BCUT2D eigenvalue weighted by Crippen LogP contribution is 2.06. The van der Waals surface area contributed by atoms with E-state index in [9.17, 15) is 4.79 Å². The number of aliphatic hydroxyl groups is 1. The summed E-state index contributed by atoms with van der Waals surface area (Å²) >= 11 is 0. The molecule has 0 radical (unpaired) electrons. The first-order valence-electron chi connectivity index (χ1n) is 5.42. The fourth-order valence-corrected chi connectivity index (χ4v) is 1.05. The Morgan fingerprint density at radius 3 is 2.38 bits per heavy atom. The zero-order valence-corrected chi connectivity index (χ0v) is 10.7. The number of carbonyl (C=O) groups excluding carboxylic acids is 1. The maximum Gasteiger partial charge on any atom is 0.248 e. The maximum absolute atomic E-state index is 11.7. The molecular weight excluding hydrogens is 210 g/mol. The Bertz CT molecular complexity index is 201. The van der Waals surface area contributed by atoms with Crippen molar-refractivity contribution in [1.29, 1.82) is 0 Å². The van der Waals surface area contributed by atoms with Gasteiger partial charge in [-0.15, -0.1) is 0 Å². The van der Waals surface area contributed by atoms with Crippen molar-refractivity contribution >= 4 is 5.91 Å². The van der Waals surface area contributed by atoms with Gasteiger partial charge >= 0.3 is 0 Å². The highest BCUT2D eigenvalue weighted by molar-refractivity contribution is 5.77. The van der Waals surface area contributed by atoms with Crippen molar-refractivity contribution in [3.8, 4) is 0 Å². The zero-order chi connectivity index (χ0) is 12.6. The Kier molecular flexibility index (Phi) is 7.29. The first kappa shape index (κ1) is 15.3. The van der Waals surface area contributed by atoms with Crippen LogP contribution in [-0.2, 0) is 14.3 Å². The van der Waals surface area contributed by atoms with Gasteiger partial charge in [0.2, 0.25) is 5.91 Å². The number of aliphatic hydroxyl groups excluding tert-OH is 1. The monoisotopic (exact) mass is 233 g/mol. The molecule has 0 rings (SSSR count). The summed E-state index contributed by atoms with van der Waals surface area (Å²) in [6.45, 7) is 6.92. The predicted molar refractivity (Wildman–Crippen MR) is 61.2 cm³/mol. The van der Waals surface area contributed by atoms with Gasteiger partial charge in [0.05, 0.1) is 18.8 Å². The Balaban J connectivity index is 4.05. The van der Waals surface area contributed by atoms with Crippen molar-refractivity contribution < 1.29 is 19.4 Å². The molecule has 96 valence electrons. The second-order valence-corrected chi connectivity index (χ2v) is 4.50. The summed E-state index contributed by atoms with van der Waals surface area (Å²) in [5, 5.41) is 8.84. The number of amides is 1. The van der Waals surface area contributed by atoms with Crippen molar-refractivity contribution in [2.75, 3.05) is 40.0 Å². The largest absolute Gasteiger partial charge is 0.395 e. The predicted octanol–water partition coefficient (Wildman–Crippen LogP) is 0.269. The maximum atomic E-state index is 11.7. The van der Waals surface area contributed by atoms with Gasteiger partial charge in [0.1, 0.15) is 6.61 Å². The lowest BCUT2D eigenvalue weighted by Crippen LogP contribution is -2.40. The summed E-state index contributed by atoms with van der Waals surface area (Å²) in [4.78, 5) is 13.3. The fraction of sp³-hybridized carbons (Fsp3) is 0.909. The minimum atomic E-state index is -0.332. The van der Waals surface area contributed by atoms with Crippen LogP contribution in [0.25, 0.3) is 0 Å². The van der Waals surface area contributed by atoms with E-state index in [4.69, 9.17) is 14.6 Å². The summed E-state index contributed by atoms with van der Waals surface area (Å²) in [5.41, 5.74) is -0.332. The van der Waals surface area contributed by atoms with Gasteiger partial charge in [-0.25, -0.2) is 0 Å². The highest BCUT2D eigenvalue weighted by Gasteiger charge is 2.17. The second kappa shape index (κ2) is 7.60. The molecule has 0 atom stereocenters. The third kappa shape index (κ3) is 7.62. The second-order valence-electron chi connectivity index (χ2n) is 4.50. The molecule has 16 heavy (non-hydrogen) atoms. The standard InChI is InChI=1S/C11H23NO4/c1-11(2,3)16-9-10(14)12(5-7-13)6-8-15-4/h13H,5-9H2,1-4H3. The minimum Gasteiger partial charge on any atom is -0.395 e. The van der Waals surface area contributed by atoms with Gasteiger partial charge in [-0.3, -0.25) is 4.79 Å². The number of rotatable bonds is 7. The van der Waals surface area contributed by atoms with Crippen molar-refractivity contribution in [2.45, 2.75) is 26.4 Å². The molecule has 0 aliphatic carbocycles. The lowest BCUT2D eigenvalue weighted by molar-refractivity contribution is -0.142. The van der Waals surface area contributed by atoms with Crippen LogP contribution in [0.5, 0.6) is 0 Å². The Hall–Kier alpha value is -0.650. The third-order valence-corrected chi connectivity index (χ3v) is 1.92. The third-order valence-electron chi connectivity index (χ3n) is 1.92. The molecule has 0 aliphatic heterocycles. The van der Waals surface area contributed by atoms with Gasteiger partial charge in [-0.2, -0.15) is 0 Å². The number of hydrogen-bond acceptors (Lipinski definition) is 4. The van der Waals surface area contributed by atoms with E-state index >= 15 is 0 Å². The Labute approximate surface area is 97.3 Å². The van der Waals surface area contributed by atoms with Crippen LogP contribution >= 0.6 is 0 Å². The first-order valence-corrected chi connectivity index (χ1v) is 5.42. The SMILES string of the molecule is COCCN(CCO)C(=O)COC(C)(C)C. The van der Waals surface area contributed by atoms with Crippen LogP contribution in [0.2, 0.25) is 0 Å². The smallest absolute Gasteiger partial charge is 0.248 e. The first-order chi connectivity index (χ1) is 7.40. The lowest BCUT2D eigenvalue weighted by Gasteiger charge is -2.24. The topological polar surface area (TPSA) is 59.0 Å². The molecule has 0 aromatic rings. The normalized spacial score (nSPS) is 11.6. The lowest BCUT2D eigenvalue weighted by atomic mass is 10.2. The van der Waals surface area contributed by atoms with Crippen molar-refractivity contribution in [1.82, 2.24) is 4.90 Å². The fourth-order valence-electron chi connectivity index (χ4n) is 1.05. The molecule has 0 saturated heterocycles. The number of nitrogens with zero attached hydrogens (tertiary/aromatic N) is 1. The molecule has 0 spiro atoms. The van der Waals surface area contributed by atoms with Gasteiger partial charge in [-0.05, 0) is 20.8 Å². The molecule has 0 aromatic heterocycles. The number of carbonyl (C=O) groups is 1. The summed E-state index contributed by atoms with van der Waals surface area (Å²) in [6, 6.07) is 0. The molecule has 0 saturated carbocycles. The van der Waals surface area contributed by atoms with Gasteiger partial charge in [0.15, 0.2) is 0 Å². The highest BCUT2D eigenvalue weighted by atomic mass is 16.5. The molecule has 0 aliphatic rings. The average Bonchev–Trinajstić information content (AvgIpc) is 2.19. The molecule has 1 N–H and O–H groups in total. The van der Waals surface area contributed by atoms with Gasteiger partial charge < -0.3 is 19.5 Å². The van der Waals surface area contributed by atoms with Crippen LogP contribution in [0.4, 0.5) is 0 Å². The molecule has 5 nitrogen and oxygen atoms in total. The van der Waals surface area contributed by atoms with Crippen LogP contribution in [-0.4, -0.2) is 61.5 Å². The van der Waals surface area contributed by atoms with E-state index in [-0.39, 0.29) is 24.7 Å².